The van der Waals surface area contributed by atoms with Crippen LogP contribution in [0.2, 0.25) is 5.02 Å². The molecule has 0 unspecified atom stereocenters. The first-order chi connectivity index (χ1) is 18.0. The van der Waals surface area contributed by atoms with E-state index < -0.39 is 5.41 Å². The quantitative estimate of drug-likeness (QED) is 0.343. The van der Waals surface area contributed by atoms with Crippen LogP contribution in [0.4, 0.5) is 5.82 Å². The van der Waals surface area contributed by atoms with Crippen LogP contribution in [-0.2, 0) is 15.9 Å². The fourth-order valence-electron chi connectivity index (χ4n) is 5.73. The number of halogens is 1. The summed E-state index contributed by atoms with van der Waals surface area (Å²) in [4.78, 5) is 9.49. The third-order valence-electron chi connectivity index (χ3n) is 8.22. The Labute approximate surface area is 227 Å². The largest absolute Gasteiger partial charge is 0.384 e. The molecule has 1 aliphatic heterocycles. The monoisotopic (exact) mass is 524 g/mol. The van der Waals surface area contributed by atoms with Gasteiger partial charge >= 0.3 is 0 Å². The molecule has 3 heterocycles. The molecule has 200 valence electrons. The molecular weight excluding hydrogens is 484 g/mol. The van der Waals surface area contributed by atoms with Crippen LogP contribution in [0.3, 0.4) is 0 Å². The van der Waals surface area contributed by atoms with Gasteiger partial charge in [0.2, 0.25) is 0 Å². The highest BCUT2D eigenvalue weighted by Gasteiger charge is 2.32. The lowest BCUT2D eigenvalue weighted by Gasteiger charge is -2.30. The zero-order chi connectivity index (χ0) is 26.1. The Morgan fingerprint density at radius 2 is 1.97 bits per heavy atom. The minimum absolute atomic E-state index is 0.404. The minimum atomic E-state index is -0.404. The van der Waals surface area contributed by atoms with E-state index in [4.69, 9.17) is 26.1 Å². The van der Waals surface area contributed by atoms with Gasteiger partial charge < -0.3 is 14.8 Å². The van der Waals surface area contributed by atoms with E-state index in [1.807, 2.05) is 18.2 Å². The third kappa shape index (κ3) is 7.89. The average molecular weight is 525 g/mol. The highest BCUT2D eigenvalue weighted by Crippen LogP contribution is 2.35. The second-order valence-corrected chi connectivity index (χ2v) is 11.6. The summed E-state index contributed by atoms with van der Waals surface area (Å²) in [5.41, 5.74) is 2.42. The Balaban J connectivity index is 1.34. The summed E-state index contributed by atoms with van der Waals surface area (Å²) in [6, 6.07) is 10.5. The topological polar surface area (TPSA) is 80.1 Å². The van der Waals surface area contributed by atoms with Gasteiger partial charge in [-0.3, -0.25) is 4.98 Å². The number of hydrogen-bond donors (Lipinski definition) is 1. The molecule has 1 saturated carbocycles. The van der Waals surface area contributed by atoms with Crippen molar-refractivity contribution in [1.82, 2.24) is 9.97 Å². The number of anilines is 1. The molecule has 2 aliphatic rings. The Kier molecular flexibility index (Phi) is 10.2. The van der Waals surface area contributed by atoms with E-state index >= 15 is 0 Å². The summed E-state index contributed by atoms with van der Waals surface area (Å²) in [7, 11) is 1.79. The molecule has 0 radical (unpaired) electrons. The van der Waals surface area contributed by atoms with Crippen molar-refractivity contribution in [3.8, 4) is 17.3 Å². The zero-order valence-electron chi connectivity index (χ0n) is 22.3. The summed E-state index contributed by atoms with van der Waals surface area (Å²) < 4.78 is 10.7. The van der Waals surface area contributed by atoms with Gasteiger partial charge in [-0.25, -0.2) is 4.98 Å². The summed E-state index contributed by atoms with van der Waals surface area (Å²) in [6.45, 7) is 4.98. The van der Waals surface area contributed by atoms with Crippen molar-refractivity contribution in [3.05, 3.63) is 41.2 Å². The fourth-order valence-corrected chi connectivity index (χ4v) is 5.93. The molecule has 2 aromatic rings. The van der Waals surface area contributed by atoms with Crippen molar-refractivity contribution in [2.24, 2.45) is 23.2 Å². The van der Waals surface area contributed by atoms with Gasteiger partial charge in [0.25, 0.3) is 0 Å². The van der Waals surface area contributed by atoms with Gasteiger partial charge in [-0.1, -0.05) is 43.9 Å². The molecule has 4 rings (SSSR count). The van der Waals surface area contributed by atoms with Crippen LogP contribution in [0.5, 0.6) is 0 Å². The van der Waals surface area contributed by atoms with Crippen molar-refractivity contribution < 1.29 is 9.47 Å². The van der Waals surface area contributed by atoms with Gasteiger partial charge in [-0.05, 0) is 74.5 Å². The van der Waals surface area contributed by atoms with Crippen LogP contribution < -0.4 is 5.32 Å². The Morgan fingerprint density at radius 3 is 2.70 bits per heavy atom. The van der Waals surface area contributed by atoms with E-state index in [1.54, 1.807) is 13.3 Å². The van der Waals surface area contributed by atoms with Gasteiger partial charge in [0.05, 0.1) is 22.2 Å². The van der Waals surface area contributed by atoms with Crippen LogP contribution in [-0.4, -0.2) is 43.4 Å². The van der Waals surface area contributed by atoms with Gasteiger partial charge in [0.1, 0.15) is 5.82 Å². The summed E-state index contributed by atoms with van der Waals surface area (Å²) in [6.07, 6.45) is 12.0. The third-order valence-corrected chi connectivity index (χ3v) is 8.52. The fraction of sp³-hybridized carbons (Fsp3) is 0.633. The van der Waals surface area contributed by atoms with E-state index in [9.17, 15) is 5.26 Å². The molecule has 1 saturated heterocycles. The van der Waals surface area contributed by atoms with Crippen LogP contribution >= 0.6 is 11.6 Å². The van der Waals surface area contributed by atoms with Crippen LogP contribution in [0, 0.1) is 34.5 Å². The minimum Gasteiger partial charge on any atom is -0.384 e. The summed E-state index contributed by atoms with van der Waals surface area (Å²) in [5, 5.41) is 13.7. The number of aromatic nitrogens is 2. The van der Waals surface area contributed by atoms with Crippen molar-refractivity contribution in [2.75, 3.05) is 38.8 Å². The lowest BCUT2D eigenvalue weighted by molar-refractivity contribution is 0.0455. The van der Waals surface area contributed by atoms with E-state index in [0.29, 0.717) is 36.6 Å². The van der Waals surface area contributed by atoms with Crippen LogP contribution in [0.15, 0.2) is 30.5 Å². The zero-order valence-corrected chi connectivity index (χ0v) is 23.1. The van der Waals surface area contributed by atoms with Crippen molar-refractivity contribution >= 4 is 17.4 Å². The first kappa shape index (κ1) is 27.8. The van der Waals surface area contributed by atoms with Crippen LogP contribution in [0.1, 0.15) is 64.0 Å². The van der Waals surface area contributed by atoms with E-state index in [1.165, 1.54) is 38.5 Å². The number of nitrogens with zero attached hydrogens (tertiary/aromatic N) is 3. The molecule has 7 heteroatoms. The van der Waals surface area contributed by atoms with E-state index in [-0.39, 0.29) is 0 Å². The molecule has 0 amide bonds. The molecule has 2 fully saturated rings. The second kappa shape index (κ2) is 13.6. The summed E-state index contributed by atoms with van der Waals surface area (Å²) >= 11 is 6.58. The van der Waals surface area contributed by atoms with Gasteiger partial charge in [-0.2, -0.15) is 5.26 Å². The SMILES string of the molecule is COC[C@H](C)CCC1CCC(Cc2cc(-c3cccc(NCC4(C#N)CCOCC4)n3)c(Cl)cn2)CC1. The molecule has 1 N–H and O–H groups in total. The highest BCUT2D eigenvalue weighted by atomic mass is 35.5. The van der Waals surface area contributed by atoms with Gasteiger partial charge in [0, 0.05) is 50.9 Å². The van der Waals surface area contributed by atoms with Crippen molar-refractivity contribution in [2.45, 2.75) is 64.7 Å². The molecular formula is C30H41ClN4O2. The van der Waals surface area contributed by atoms with Gasteiger partial charge in [0.15, 0.2) is 0 Å². The molecule has 0 bridgehead atoms. The molecule has 6 nitrogen and oxygen atoms in total. The number of rotatable bonds is 11. The maximum atomic E-state index is 9.74. The number of hydrogen-bond acceptors (Lipinski definition) is 6. The average Bonchev–Trinajstić information content (AvgIpc) is 2.93. The molecule has 1 atom stereocenters. The standard InChI is InChI=1S/C30H41ClN4O2/c1-22(19-36-2)6-7-23-8-10-24(11-9-23)16-25-17-26(27(31)18-33-25)28-4-3-5-29(35-28)34-21-30(20-32)12-14-37-15-13-30/h3-5,17-18,22-24H,6-16,19,21H2,1-2H3,(H,34,35)/t22-,23?,24?/m1/s1. The van der Waals surface area contributed by atoms with E-state index in [0.717, 1.165) is 54.6 Å². The predicted octanol–water partition coefficient (Wildman–Crippen LogP) is 6.94. The highest BCUT2D eigenvalue weighted by molar-refractivity contribution is 6.33. The number of nitriles is 1. The normalized spacial score (nSPS) is 22.2. The van der Waals surface area contributed by atoms with Crippen molar-refractivity contribution in [3.63, 3.8) is 0 Å². The molecule has 2 aromatic heterocycles. The lowest BCUT2D eigenvalue weighted by atomic mass is 9.77. The summed E-state index contributed by atoms with van der Waals surface area (Å²) in [5.74, 6) is 2.93. The Hall–Kier alpha value is -2.20. The second-order valence-electron chi connectivity index (χ2n) is 11.2. The first-order valence-electron chi connectivity index (χ1n) is 13.8. The maximum Gasteiger partial charge on any atom is 0.126 e. The first-order valence-corrected chi connectivity index (χ1v) is 14.2. The predicted molar refractivity (Wildman–Crippen MR) is 148 cm³/mol. The Morgan fingerprint density at radius 1 is 1.22 bits per heavy atom. The number of pyridine rings is 2. The van der Waals surface area contributed by atoms with Crippen molar-refractivity contribution in [1.29, 1.82) is 5.26 Å². The number of methoxy groups -OCH3 is 1. The maximum absolute atomic E-state index is 9.74. The molecule has 0 spiro atoms. The van der Waals surface area contributed by atoms with Crippen LogP contribution in [0.25, 0.3) is 11.3 Å². The molecule has 0 aromatic carbocycles. The molecule has 37 heavy (non-hydrogen) atoms. The van der Waals surface area contributed by atoms with E-state index in [2.05, 4.69) is 29.4 Å². The lowest BCUT2D eigenvalue weighted by Crippen LogP contribution is -2.34. The molecule has 1 aliphatic carbocycles. The number of nitrogens with one attached hydrogen (secondary N) is 1. The van der Waals surface area contributed by atoms with Gasteiger partial charge in [-0.15, -0.1) is 0 Å². The smallest absolute Gasteiger partial charge is 0.126 e. The number of ether oxygens (including phenoxy) is 2. The Bertz CT molecular complexity index is 1040.